The minimum atomic E-state index is -4.84. The molecule has 1 rings (SSSR count). The molecule has 0 fully saturated rings. The third-order valence-corrected chi connectivity index (χ3v) is 5.12. The van der Waals surface area contributed by atoms with Crippen molar-refractivity contribution in [3.63, 3.8) is 0 Å². The van der Waals surface area contributed by atoms with Crippen molar-refractivity contribution in [1.29, 1.82) is 0 Å². The molecule has 1 N–H and O–H groups in total. The van der Waals surface area contributed by atoms with Gasteiger partial charge in [0.1, 0.15) is 0 Å². The molecule has 0 atom stereocenters. The highest BCUT2D eigenvalue weighted by Gasteiger charge is 2.31. The summed E-state index contributed by atoms with van der Waals surface area (Å²) in [4.78, 5) is 0. The Morgan fingerprint density at radius 1 is 1.12 bits per heavy atom. The SMILES string of the molecule is CCS(=O)(=O)N(c1ccccc1)S(=O)(=O)O. The second-order valence-corrected chi connectivity index (χ2v) is 6.51. The van der Waals surface area contributed by atoms with Crippen LogP contribution in [0, 0.1) is 0 Å². The third-order valence-electron chi connectivity index (χ3n) is 1.79. The van der Waals surface area contributed by atoms with E-state index in [4.69, 9.17) is 4.55 Å². The predicted octanol–water partition coefficient (Wildman–Crippen LogP) is 0.646. The fourth-order valence-electron chi connectivity index (χ4n) is 1.10. The zero-order valence-electron chi connectivity index (χ0n) is 8.44. The van der Waals surface area contributed by atoms with Crippen LogP contribution in [-0.2, 0) is 20.3 Å². The smallest absolute Gasteiger partial charge is 0.268 e. The molecule has 0 saturated carbocycles. The van der Waals surface area contributed by atoms with E-state index in [1.807, 2.05) is 0 Å². The Balaban J connectivity index is 3.41. The third kappa shape index (κ3) is 2.71. The molecule has 0 aliphatic heterocycles. The van der Waals surface area contributed by atoms with Crippen molar-refractivity contribution >= 4 is 26.0 Å². The van der Waals surface area contributed by atoms with E-state index in [0.29, 0.717) is 0 Å². The van der Waals surface area contributed by atoms with Crippen LogP contribution in [0.4, 0.5) is 5.69 Å². The van der Waals surface area contributed by atoms with E-state index < -0.39 is 26.1 Å². The second kappa shape index (κ2) is 4.40. The van der Waals surface area contributed by atoms with Crippen molar-refractivity contribution in [2.45, 2.75) is 6.92 Å². The first-order chi connectivity index (χ1) is 7.29. The van der Waals surface area contributed by atoms with Crippen molar-refractivity contribution in [3.8, 4) is 0 Å². The number of anilines is 1. The number of para-hydroxylation sites is 1. The summed E-state index contributed by atoms with van der Waals surface area (Å²) in [6.45, 7) is 1.29. The first kappa shape index (κ1) is 12.9. The van der Waals surface area contributed by atoms with Gasteiger partial charge in [-0.25, -0.2) is 8.42 Å². The molecule has 90 valence electrons. The summed E-state index contributed by atoms with van der Waals surface area (Å²) in [5.74, 6) is -0.429. The van der Waals surface area contributed by atoms with Gasteiger partial charge in [-0.15, -0.1) is 3.71 Å². The summed E-state index contributed by atoms with van der Waals surface area (Å²) in [6, 6.07) is 7.10. The number of benzene rings is 1. The van der Waals surface area contributed by atoms with Gasteiger partial charge in [0.05, 0.1) is 11.4 Å². The maximum absolute atomic E-state index is 11.5. The Morgan fingerprint density at radius 3 is 2.00 bits per heavy atom. The summed E-state index contributed by atoms with van der Waals surface area (Å²) in [5, 5.41) is 0. The fourth-order valence-corrected chi connectivity index (χ4v) is 3.63. The van der Waals surface area contributed by atoms with E-state index in [0.717, 1.165) is 0 Å². The van der Waals surface area contributed by atoms with Gasteiger partial charge in [0.25, 0.3) is 0 Å². The van der Waals surface area contributed by atoms with Crippen LogP contribution in [0.5, 0.6) is 0 Å². The normalized spacial score (nSPS) is 12.4. The zero-order chi connectivity index (χ0) is 12.4. The summed E-state index contributed by atoms with van der Waals surface area (Å²) < 4.78 is 54.1. The summed E-state index contributed by atoms with van der Waals surface area (Å²) in [6.07, 6.45) is 0. The predicted molar refractivity (Wildman–Crippen MR) is 59.9 cm³/mol. The lowest BCUT2D eigenvalue weighted by molar-refractivity contribution is 0.483. The number of sulfonamides is 1. The Kier molecular flexibility index (Phi) is 3.56. The molecule has 0 radical (unpaired) electrons. The minimum absolute atomic E-state index is 0.0139. The van der Waals surface area contributed by atoms with Gasteiger partial charge in [-0.1, -0.05) is 18.2 Å². The molecule has 1 aromatic carbocycles. The van der Waals surface area contributed by atoms with Crippen molar-refractivity contribution in [1.82, 2.24) is 0 Å². The molecule has 0 unspecified atom stereocenters. The maximum atomic E-state index is 11.5. The van der Waals surface area contributed by atoms with Crippen molar-refractivity contribution < 1.29 is 21.4 Å². The second-order valence-electron chi connectivity index (χ2n) is 2.91. The Labute approximate surface area is 94.4 Å². The van der Waals surface area contributed by atoms with Crippen LogP contribution in [0.1, 0.15) is 6.92 Å². The molecule has 0 aliphatic carbocycles. The molecule has 16 heavy (non-hydrogen) atoms. The summed E-state index contributed by atoms with van der Waals surface area (Å²) >= 11 is 0. The Bertz CT molecular complexity index is 549. The van der Waals surface area contributed by atoms with Crippen LogP contribution in [0.25, 0.3) is 0 Å². The van der Waals surface area contributed by atoms with E-state index in [1.54, 1.807) is 6.07 Å². The van der Waals surface area contributed by atoms with Crippen LogP contribution < -0.4 is 3.71 Å². The molecule has 6 nitrogen and oxygen atoms in total. The van der Waals surface area contributed by atoms with Crippen LogP contribution in [-0.4, -0.2) is 27.1 Å². The molecule has 0 spiro atoms. The van der Waals surface area contributed by atoms with Gasteiger partial charge in [-0.3, -0.25) is 4.55 Å². The fraction of sp³-hybridized carbons (Fsp3) is 0.250. The van der Waals surface area contributed by atoms with E-state index in [-0.39, 0.29) is 9.40 Å². The summed E-state index contributed by atoms with van der Waals surface area (Å²) in [7, 11) is -8.92. The lowest BCUT2D eigenvalue weighted by Crippen LogP contribution is -2.37. The number of hydrogen-bond acceptors (Lipinski definition) is 4. The van der Waals surface area contributed by atoms with Gasteiger partial charge in [0.2, 0.25) is 10.0 Å². The van der Waals surface area contributed by atoms with Crippen molar-refractivity contribution in [2.75, 3.05) is 9.46 Å². The maximum Gasteiger partial charge on any atom is 0.373 e. The van der Waals surface area contributed by atoms with Crippen LogP contribution in [0.2, 0.25) is 0 Å². The number of nitrogens with zero attached hydrogens (tertiary/aromatic N) is 1. The highest BCUT2D eigenvalue weighted by molar-refractivity contribution is 8.07. The molecular formula is C8H11NO5S2. The first-order valence-electron chi connectivity index (χ1n) is 4.34. The average Bonchev–Trinajstić information content (AvgIpc) is 2.17. The molecule has 0 aromatic heterocycles. The Hall–Kier alpha value is -1.12. The van der Waals surface area contributed by atoms with Crippen LogP contribution >= 0.6 is 0 Å². The van der Waals surface area contributed by atoms with Gasteiger partial charge in [-0.2, -0.15) is 8.42 Å². The monoisotopic (exact) mass is 265 g/mol. The van der Waals surface area contributed by atoms with E-state index in [9.17, 15) is 16.8 Å². The topological polar surface area (TPSA) is 91.8 Å². The van der Waals surface area contributed by atoms with Gasteiger partial charge < -0.3 is 0 Å². The molecule has 8 heteroatoms. The molecule has 1 aromatic rings. The Morgan fingerprint density at radius 2 is 1.62 bits per heavy atom. The first-order valence-corrected chi connectivity index (χ1v) is 7.35. The van der Waals surface area contributed by atoms with Gasteiger partial charge in [0.15, 0.2) is 0 Å². The van der Waals surface area contributed by atoms with Crippen molar-refractivity contribution in [2.24, 2.45) is 0 Å². The molecule has 0 bridgehead atoms. The lowest BCUT2D eigenvalue weighted by atomic mass is 10.3. The molecule has 0 amide bonds. The van der Waals surface area contributed by atoms with E-state index >= 15 is 0 Å². The van der Waals surface area contributed by atoms with Crippen molar-refractivity contribution in [3.05, 3.63) is 30.3 Å². The standard InChI is InChI=1S/C8H11NO5S2/c1-2-15(10,11)9(16(12,13)14)8-6-4-3-5-7-8/h3-7H,2H2,1H3,(H,12,13,14). The highest BCUT2D eigenvalue weighted by atomic mass is 32.3. The van der Waals surface area contributed by atoms with E-state index in [2.05, 4.69) is 0 Å². The van der Waals surface area contributed by atoms with Crippen LogP contribution in [0.3, 0.4) is 0 Å². The minimum Gasteiger partial charge on any atom is -0.268 e. The molecule has 0 heterocycles. The van der Waals surface area contributed by atoms with E-state index in [1.165, 1.54) is 31.2 Å². The molecular weight excluding hydrogens is 254 g/mol. The summed E-state index contributed by atoms with van der Waals surface area (Å²) in [5.41, 5.74) is -0.119. The van der Waals surface area contributed by atoms with Gasteiger partial charge in [-0.05, 0) is 19.1 Å². The molecule has 0 aliphatic rings. The van der Waals surface area contributed by atoms with Gasteiger partial charge in [0, 0.05) is 0 Å². The largest absolute Gasteiger partial charge is 0.373 e. The number of hydrogen-bond donors (Lipinski definition) is 1. The van der Waals surface area contributed by atoms with Crippen LogP contribution in [0.15, 0.2) is 30.3 Å². The number of rotatable bonds is 4. The average molecular weight is 265 g/mol. The zero-order valence-corrected chi connectivity index (χ0v) is 10.1. The quantitative estimate of drug-likeness (QED) is 0.807. The lowest BCUT2D eigenvalue weighted by Gasteiger charge is -2.19. The highest BCUT2D eigenvalue weighted by Crippen LogP contribution is 2.20. The molecule has 0 saturated heterocycles. The van der Waals surface area contributed by atoms with Gasteiger partial charge >= 0.3 is 10.3 Å².